The molecule has 100 valence electrons. The van der Waals surface area contributed by atoms with Crippen LogP contribution in [0.3, 0.4) is 0 Å². The molecule has 18 heavy (non-hydrogen) atoms. The molecule has 0 saturated heterocycles. The first-order valence-corrected chi connectivity index (χ1v) is 6.22. The molecule has 0 radical (unpaired) electrons. The molecule has 0 aromatic heterocycles. The molecule has 0 bridgehead atoms. The number of carbonyl (C=O) groups excluding carboxylic acids is 1. The maximum Gasteiger partial charge on any atom is 0.222 e. The topological polar surface area (TPSA) is 29.5 Å². The molecule has 0 heterocycles. The van der Waals surface area contributed by atoms with Gasteiger partial charge in [-0.1, -0.05) is 6.07 Å². The van der Waals surface area contributed by atoms with Crippen LogP contribution >= 0.6 is 0 Å². The van der Waals surface area contributed by atoms with Crippen molar-refractivity contribution in [2.45, 2.75) is 26.7 Å². The number of rotatable bonds is 6. The highest BCUT2D eigenvalue weighted by atomic mass is 19.1. The Hall–Kier alpha value is -1.58. The third-order valence-corrected chi connectivity index (χ3v) is 2.96. The summed E-state index contributed by atoms with van der Waals surface area (Å²) in [5, 5.41) is 0. The maximum atomic E-state index is 13.4. The van der Waals surface area contributed by atoms with Crippen molar-refractivity contribution in [3.63, 3.8) is 0 Å². The van der Waals surface area contributed by atoms with Crippen molar-refractivity contribution >= 4 is 5.91 Å². The van der Waals surface area contributed by atoms with Crippen LogP contribution in [0.25, 0.3) is 0 Å². The first-order valence-electron chi connectivity index (χ1n) is 6.22. The van der Waals surface area contributed by atoms with E-state index in [0.29, 0.717) is 25.9 Å². The van der Waals surface area contributed by atoms with Crippen molar-refractivity contribution in [1.29, 1.82) is 0 Å². The van der Waals surface area contributed by atoms with Crippen LogP contribution in [0.2, 0.25) is 0 Å². The Labute approximate surface area is 108 Å². The Bertz CT molecular complexity index is 403. The summed E-state index contributed by atoms with van der Waals surface area (Å²) in [5.74, 6) is -0.0460. The lowest BCUT2D eigenvalue weighted by Gasteiger charge is -2.18. The summed E-state index contributed by atoms with van der Waals surface area (Å²) in [4.78, 5) is 13.6. The predicted octanol–water partition coefficient (Wildman–Crippen LogP) is 2.64. The first kappa shape index (κ1) is 14.5. The zero-order valence-electron chi connectivity index (χ0n) is 11.2. The number of hydrogen-bond donors (Lipinski definition) is 0. The van der Waals surface area contributed by atoms with Gasteiger partial charge in [0.15, 0.2) is 11.6 Å². The van der Waals surface area contributed by atoms with Crippen LogP contribution in [0.5, 0.6) is 5.75 Å². The number of aryl methyl sites for hydroxylation is 1. The Morgan fingerprint density at radius 2 is 2.00 bits per heavy atom. The van der Waals surface area contributed by atoms with Crippen LogP contribution in [-0.4, -0.2) is 31.0 Å². The second kappa shape index (κ2) is 6.99. The van der Waals surface area contributed by atoms with E-state index in [1.54, 1.807) is 17.0 Å². The fraction of sp³-hybridized carbons (Fsp3) is 0.500. The minimum atomic E-state index is -0.384. The van der Waals surface area contributed by atoms with E-state index in [1.165, 1.54) is 13.2 Å². The summed E-state index contributed by atoms with van der Waals surface area (Å²) in [6.45, 7) is 5.33. The van der Waals surface area contributed by atoms with Gasteiger partial charge in [0, 0.05) is 19.5 Å². The third-order valence-electron chi connectivity index (χ3n) is 2.96. The van der Waals surface area contributed by atoms with Crippen LogP contribution in [0, 0.1) is 5.82 Å². The van der Waals surface area contributed by atoms with Gasteiger partial charge in [0.2, 0.25) is 5.91 Å². The molecular formula is C14H20FNO2. The minimum absolute atomic E-state index is 0.108. The molecule has 3 nitrogen and oxygen atoms in total. The summed E-state index contributed by atoms with van der Waals surface area (Å²) < 4.78 is 18.3. The quantitative estimate of drug-likeness (QED) is 0.780. The summed E-state index contributed by atoms with van der Waals surface area (Å²) in [7, 11) is 1.43. The lowest BCUT2D eigenvalue weighted by Crippen LogP contribution is -2.30. The van der Waals surface area contributed by atoms with Crippen LogP contribution < -0.4 is 4.74 Å². The minimum Gasteiger partial charge on any atom is -0.494 e. The summed E-state index contributed by atoms with van der Waals surface area (Å²) in [6, 6.07) is 4.80. The molecule has 0 aliphatic heterocycles. The van der Waals surface area contributed by atoms with E-state index < -0.39 is 0 Å². The monoisotopic (exact) mass is 253 g/mol. The fourth-order valence-corrected chi connectivity index (χ4v) is 1.85. The Balaban J connectivity index is 2.58. The first-order chi connectivity index (χ1) is 8.62. The smallest absolute Gasteiger partial charge is 0.222 e. The number of benzene rings is 1. The van der Waals surface area contributed by atoms with Crippen LogP contribution in [-0.2, 0) is 11.2 Å². The van der Waals surface area contributed by atoms with Gasteiger partial charge >= 0.3 is 0 Å². The van der Waals surface area contributed by atoms with Gasteiger partial charge in [-0.3, -0.25) is 4.79 Å². The van der Waals surface area contributed by atoms with Crippen molar-refractivity contribution < 1.29 is 13.9 Å². The van der Waals surface area contributed by atoms with Gasteiger partial charge in [-0.2, -0.15) is 0 Å². The van der Waals surface area contributed by atoms with E-state index in [0.717, 1.165) is 5.56 Å². The second-order valence-electron chi connectivity index (χ2n) is 4.03. The molecule has 0 atom stereocenters. The van der Waals surface area contributed by atoms with Gasteiger partial charge in [-0.05, 0) is 38.0 Å². The van der Waals surface area contributed by atoms with Gasteiger partial charge in [-0.15, -0.1) is 0 Å². The molecule has 0 N–H and O–H groups in total. The molecule has 0 aliphatic carbocycles. The third kappa shape index (κ3) is 3.72. The molecule has 4 heteroatoms. The standard InChI is InChI=1S/C14H20FNO2/c1-4-16(5-2)14(17)9-7-11-6-8-13(18-3)12(15)10-11/h6,8,10H,4-5,7,9H2,1-3H3. The number of carbonyl (C=O) groups is 1. The Kier molecular flexibility index (Phi) is 5.62. The molecule has 1 aromatic rings. The van der Waals surface area contributed by atoms with Crippen LogP contribution in [0.15, 0.2) is 18.2 Å². The highest BCUT2D eigenvalue weighted by Gasteiger charge is 2.10. The van der Waals surface area contributed by atoms with Gasteiger partial charge in [0.25, 0.3) is 0 Å². The molecule has 1 amide bonds. The number of hydrogen-bond acceptors (Lipinski definition) is 2. The van der Waals surface area contributed by atoms with Crippen LogP contribution in [0.1, 0.15) is 25.8 Å². The number of halogens is 1. The lowest BCUT2D eigenvalue weighted by molar-refractivity contribution is -0.130. The average molecular weight is 253 g/mol. The van der Waals surface area contributed by atoms with Crippen molar-refractivity contribution in [2.24, 2.45) is 0 Å². The number of amides is 1. The number of methoxy groups -OCH3 is 1. The van der Waals surface area contributed by atoms with Crippen molar-refractivity contribution in [3.05, 3.63) is 29.6 Å². The molecule has 0 unspecified atom stereocenters. The van der Waals surface area contributed by atoms with Crippen molar-refractivity contribution in [1.82, 2.24) is 4.90 Å². The highest BCUT2D eigenvalue weighted by molar-refractivity contribution is 5.76. The van der Waals surface area contributed by atoms with E-state index in [2.05, 4.69) is 0 Å². The normalized spacial score (nSPS) is 10.2. The molecule has 1 aromatic carbocycles. The van der Waals surface area contributed by atoms with Crippen LogP contribution in [0.4, 0.5) is 4.39 Å². The molecule has 0 fully saturated rings. The largest absolute Gasteiger partial charge is 0.494 e. The summed E-state index contributed by atoms with van der Waals surface area (Å²) in [5.41, 5.74) is 0.814. The maximum absolute atomic E-state index is 13.4. The lowest BCUT2D eigenvalue weighted by atomic mass is 10.1. The zero-order chi connectivity index (χ0) is 13.5. The van der Waals surface area contributed by atoms with Crippen molar-refractivity contribution in [3.8, 4) is 5.75 Å². The van der Waals surface area contributed by atoms with E-state index >= 15 is 0 Å². The number of nitrogens with zero attached hydrogens (tertiary/aromatic N) is 1. The van der Waals surface area contributed by atoms with Gasteiger partial charge < -0.3 is 9.64 Å². The molecule has 0 aliphatic rings. The van der Waals surface area contributed by atoms with Gasteiger partial charge in [0.1, 0.15) is 0 Å². The van der Waals surface area contributed by atoms with Gasteiger partial charge in [-0.25, -0.2) is 4.39 Å². The van der Waals surface area contributed by atoms with E-state index in [4.69, 9.17) is 4.74 Å². The fourth-order valence-electron chi connectivity index (χ4n) is 1.85. The second-order valence-corrected chi connectivity index (χ2v) is 4.03. The zero-order valence-corrected chi connectivity index (χ0v) is 11.2. The number of ether oxygens (including phenoxy) is 1. The Morgan fingerprint density at radius 1 is 1.33 bits per heavy atom. The molecule has 0 saturated carbocycles. The summed E-state index contributed by atoms with van der Waals surface area (Å²) in [6.07, 6.45) is 0.962. The Morgan fingerprint density at radius 3 is 2.50 bits per heavy atom. The van der Waals surface area contributed by atoms with Gasteiger partial charge in [0.05, 0.1) is 7.11 Å². The molecule has 0 spiro atoms. The average Bonchev–Trinajstić information content (AvgIpc) is 2.38. The van der Waals surface area contributed by atoms with E-state index in [1.807, 2.05) is 13.8 Å². The SMILES string of the molecule is CCN(CC)C(=O)CCc1ccc(OC)c(F)c1. The summed E-state index contributed by atoms with van der Waals surface area (Å²) >= 11 is 0. The predicted molar refractivity (Wildman–Crippen MR) is 69.2 cm³/mol. The van der Waals surface area contributed by atoms with E-state index in [9.17, 15) is 9.18 Å². The van der Waals surface area contributed by atoms with Crippen molar-refractivity contribution in [2.75, 3.05) is 20.2 Å². The molecule has 1 rings (SSSR count). The van der Waals surface area contributed by atoms with E-state index in [-0.39, 0.29) is 17.5 Å². The molecular weight excluding hydrogens is 233 g/mol. The highest BCUT2D eigenvalue weighted by Crippen LogP contribution is 2.18.